The number of aromatic amines is 1. The molecular weight excluding hydrogens is 390 g/mol. The molecule has 0 aromatic carbocycles. The topological polar surface area (TPSA) is 182 Å². The van der Waals surface area contributed by atoms with Crippen LogP contribution in [0.3, 0.4) is 0 Å². The van der Waals surface area contributed by atoms with E-state index in [4.69, 9.17) is 14.9 Å². The summed E-state index contributed by atoms with van der Waals surface area (Å²) in [4.78, 5) is 48.1. The summed E-state index contributed by atoms with van der Waals surface area (Å²) >= 11 is 0. The molecule has 1 aromatic rings. The Hall–Kier alpha value is -2.54. The number of nitrogens with one attached hydrogen (secondary N) is 1. The quantitative estimate of drug-likeness (QED) is 0.268. The third kappa shape index (κ3) is 6.49. The van der Waals surface area contributed by atoms with E-state index in [2.05, 4.69) is 4.98 Å². The normalized spacial score (nSPS) is 22.7. The van der Waals surface area contributed by atoms with Crippen molar-refractivity contribution in [1.82, 2.24) is 14.5 Å². The van der Waals surface area contributed by atoms with Crippen molar-refractivity contribution < 1.29 is 34.8 Å². The number of hydrogen-bond acceptors (Lipinski definition) is 8. The van der Waals surface area contributed by atoms with Crippen LogP contribution in [0.2, 0.25) is 0 Å². The predicted molar refractivity (Wildman–Crippen MR) is 97.2 cm³/mol. The highest BCUT2D eigenvalue weighted by molar-refractivity contribution is 5.66. The number of aliphatic hydroxyl groups is 2. The summed E-state index contributed by atoms with van der Waals surface area (Å²) in [6, 6.07) is 1.13. The van der Waals surface area contributed by atoms with Crippen LogP contribution in [-0.2, 0) is 14.3 Å². The van der Waals surface area contributed by atoms with E-state index in [9.17, 15) is 29.4 Å². The molecule has 0 saturated carbocycles. The Kier molecular flexibility index (Phi) is 8.08. The summed E-state index contributed by atoms with van der Waals surface area (Å²) in [5, 5.41) is 38.6. The first kappa shape index (κ1) is 22.7. The second-order valence-electron chi connectivity index (χ2n) is 6.82. The molecule has 1 unspecified atom stereocenters. The predicted octanol–water partition coefficient (Wildman–Crippen LogP) is -1.46. The van der Waals surface area contributed by atoms with Crippen LogP contribution >= 0.6 is 0 Å². The highest BCUT2D eigenvalue weighted by Crippen LogP contribution is 2.30. The van der Waals surface area contributed by atoms with Gasteiger partial charge in [-0.3, -0.25) is 28.8 Å². The van der Waals surface area contributed by atoms with Crippen molar-refractivity contribution in [1.29, 1.82) is 0 Å². The van der Waals surface area contributed by atoms with E-state index in [-0.39, 0.29) is 45.2 Å². The van der Waals surface area contributed by atoms with Crippen LogP contribution in [0.25, 0.3) is 0 Å². The first-order valence-corrected chi connectivity index (χ1v) is 9.19. The van der Waals surface area contributed by atoms with Crippen molar-refractivity contribution in [2.75, 3.05) is 13.1 Å². The Balaban J connectivity index is 2.08. The zero-order valence-corrected chi connectivity index (χ0v) is 15.6. The molecule has 1 aromatic heterocycles. The van der Waals surface area contributed by atoms with Crippen LogP contribution in [0.1, 0.15) is 38.3 Å². The molecule has 0 spiro atoms. The number of aromatic nitrogens is 2. The summed E-state index contributed by atoms with van der Waals surface area (Å²) in [6.07, 6.45) is -3.10. The molecular formula is C17H25N3O9. The van der Waals surface area contributed by atoms with Gasteiger partial charge in [0.15, 0.2) is 0 Å². The van der Waals surface area contributed by atoms with Gasteiger partial charge in [-0.2, -0.15) is 0 Å². The van der Waals surface area contributed by atoms with E-state index in [1.54, 1.807) is 0 Å². The smallest absolute Gasteiger partial charge is 0.330 e. The van der Waals surface area contributed by atoms with Crippen molar-refractivity contribution >= 4 is 11.9 Å². The van der Waals surface area contributed by atoms with E-state index in [0.29, 0.717) is 0 Å². The summed E-state index contributed by atoms with van der Waals surface area (Å²) in [7, 11) is 0. The van der Waals surface area contributed by atoms with Gasteiger partial charge in [0.1, 0.15) is 18.6 Å². The molecule has 12 nitrogen and oxygen atoms in total. The van der Waals surface area contributed by atoms with Crippen LogP contribution in [0.4, 0.5) is 0 Å². The van der Waals surface area contributed by atoms with Crippen molar-refractivity contribution in [2.24, 2.45) is 0 Å². The fourth-order valence-corrected chi connectivity index (χ4v) is 3.22. The van der Waals surface area contributed by atoms with Gasteiger partial charge < -0.3 is 25.2 Å². The Morgan fingerprint density at radius 3 is 2.31 bits per heavy atom. The van der Waals surface area contributed by atoms with Crippen molar-refractivity contribution in [2.45, 2.75) is 56.8 Å². The second kappa shape index (κ2) is 10.3. The van der Waals surface area contributed by atoms with Crippen LogP contribution in [0, 0.1) is 0 Å². The number of rotatable bonds is 11. The van der Waals surface area contributed by atoms with Gasteiger partial charge in [-0.25, -0.2) is 4.79 Å². The number of carbonyl (C=O) groups is 2. The highest BCUT2D eigenvalue weighted by atomic mass is 16.5. The molecule has 162 valence electrons. The van der Waals surface area contributed by atoms with Gasteiger partial charge in [-0.15, -0.1) is 0 Å². The molecule has 2 rings (SSSR count). The maximum absolute atomic E-state index is 11.9. The van der Waals surface area contributed by atoms with Crippen molar-refractivity contribution in [3.63, 3.8) is 0 Å². The molecule has 1 fully saturated rings. The third-order valence-corrected chi connectivity index (χ3v) is 4.64. The van der Waals surface area contributed by atoms with Crippen LogP contribution in [0.5, 0.6) is 0 Å². The third-order valence-electron chi connectivity index (χ3n) is 4.64. The molecule has 0 bridgehead atoms. The molecule has 29 heavy (non-hydrogen) atoms. The molecule has 4 atom stereocenters. The lowest BCUT2D eigenvalue weighted by atomic mass is 10.1. The SMILES string of the molecule is O=C(O)CCCN(CCCC(=O)O)C(O)[C@H]1O[C@@H](n2ccc(=O)[nH]c2=O)C[C@@H]1O. The van der Waals surface area contributed by atoms with Gasteiger partial charge in [0, 0.05) is 44.6 Å². The Bertz CT molecular complexity index is 801. The summed E-state index contributed by atoms with van der Waals surface area (Å²) in [5.41, 5.74) is -1.30. The molecule has 1 saturated heterocycles. The molecule has 0 aliphatic carbocycles. The number of H-pyrrole nitrogens is 1. The number of carboxylic acid groups (broad SMARTS) is 2. The fraction of sp³-hybridized carbons (Fsp3) is 0.647. The Morgan fingerprint density at radius 2 is 1.79 bits per heavy atom. The maximum atomic E-state index is 11.9. The van der Waals surface area contributed by atoms with Crippen LogP contribution in [0.15, 0.2) is 21.9 Å². The molecule has 0 amide bonds. The average Bonchev–Trinajstić information content (AvgIpc) is 3.00. The zero-order valence-electron chi connectivity index (χ0n) is 15.6. The van der Waals surface area contributed by atoms with E-state index in [1.165, 1.54) is 11.1 Å². The average molecular weight is 415 g/mol. The van der Waals surface area contributed by atoms with Gasteiger partial charge >= 0.3 is 17.6 Å². The first-order valence-electron chi connectivity index (χ1n) is 9.19. The van der Waals surface area contributed by atoms with Crippen molar-refractivity contribution in [3.05, 3.63) is 33.1 Å². The molecule has 12 heteroatoms. The number of nitrogens with zero attached hydrogens (tertiary/aromatic N) is 2. The van der Waals surface area contributed by atoms with Gasteiger partial charge in [-0.1, -0.05) is 0 Å². The number of aliphatic carboxylic acids is 2. The van der Waals surface area contributed by atoms with Gasteiger partial charge in [0.2, 0.25) is 0 Å². The van der Waals surface area contributed by atoms with Gasteiger partial charge in [0.25, 0.3) is 5.56 Å². The lowest BCUT2D eigenvalue weighted by Crippen LogP contribution is -2.48. The standard InChI is InChI=1S/C17H25N3O9/c21-10-9-12(20-8-5-11(22)18-17(20)28)29-15(10)16(27)19(6-1-3-13(23)24)7-2-4-14(25)26/h5,8,10,12,15-16,21,27H,1-4,6-7,9H2,(H,23,24)(H,25,26)(H,18,22,28)/t10-,12+,15-,16?/m0/s1. The minimum Gasteiger partial charge on any atom is -0.481 e. The van der Waals surface area contributed by atoms with Gasteiger partial charge in [-0.05, 0) is 12.8 Å². The molecule has 1 aliphatic heterocycles. The summed E-state index contributed by atoms with van der Waals surface area (Å²) in [5.74, 6) is -2.00. The number of carboxylic acids is 2. The lowest BCUT2D eigenvalue weighted by molar-refractivity contribution is -0.144. The van der Waals surface area contributed by atoms with Crippen LogP contribution in [-0.4, -0.2) is 78.3 Å². The fourth-order valence-electron chi connectivity index (χ4n) is 3.22. The van der Waals surface area contributed by atoms with E-state index >= 15 is 0 Å². The first-order chi connectivity index (χ1) is 13.7. The van der Waals surface area contributed by atoms with E-state index in [1.807, 2.05) is 0 Å². The number of ether oxygens (including phenoxy) is 1. The number of hydrogen-bond donors (Lipinski definition) is 5. The van der Waals surface area contributed by atoms with Gasteiger partial charge in [0.05, 0.1) is 6.10 Å². The lowest BCUT2D eigenvalue weighted by Gasteiger charge is -2.32. The Morgan fingerprint density at radius 1 is 1.21 bits per heavy atom. The second-order valence-corrected chi connectivity index (χ2v) is 6.82. The minimum absolute atomic E-state index is 0.00817. The van der Waals surface area contributed by atoms with E-state index in [0.717, 1.165) is 10.6 Å². The minimum atomic E-state index is -1.34. The Labute approximate surface area is 165 Å². The summed E-state index contributed by atoms with van der Waals surface area (Å²) < 4.78 is 6.74. The van der Waals surface area contributed by atoms with Crippen molar-refractivity contribution in [3.8, 4) is 0 Å². The zero-order chi connectivity index (χ0) is 21.6. The highest BCUT2D eigenvalue weighted by Gasteiger charge is 2.41. The van der Waals surface area contributed by atoms with Crippen LogP contribution < -0.4 is 11.2 Å². The molecule has 0 radical (unpaired) electrons. The molecule has 1 aliphatic rings. The monoisotopic (exact) mass is 415 g/mol. The molecule has 5 N–H and O–H groups in total. The molecule has 2 heterocycles. The summed E-state index contributed by atoms with van der Waals surface area (Å²) in [6.45, 7) is 0.311. The van der Waals surface area contributed by atoms with E-state index < -0.39 is 47.9 Å². The largest absolute Gasteiger partial charge is 0.481 e. The number of aliphatic hydroxyl groups excluding tert-OH is 2. The maximum Gasteiger partial charge on any atom is 0.330 e.